The number of imidazole rings is 4. The third-order valence-corrected chi connectivity index (χ3v) is 16.3. The molecule has 0 radical (unpaired) electrons. The first-order chi connectivity index (χ1) is 38.7. The molecule has 0 bridgehead atoms. The lowest BCUT2D eigenvalue weighted by Gasteiger charge is -2.32. The maximum absolute atomic E-state index is 13.5. The lowest BCUT2D eigenvalue weighted by atomic mass is 9.90. The highest BCUT2D eigenvalue weighted by Gasteiger charge is 2.44. The predicted molar refractivity (Wildman–Crippen MR) is 298 cm³/mol. The van der Waals surface area contributed by atoms with Crippen LogP contribution in [0.15, 0.2) is 37.7 Å². The van der Waals surface area contributed by atoms with Crippen LogP contribution in [0, 0.1) is 0 Å². The van der Waals surface area contributed by atoms with E-state index in [0.717, 1.165) is 75.6 Å². The summed E-state index contributed by atoms with van der Waals surface area (Å²) in [7, 11) is 0. The average Bonchev–Trinajstić information content (AvgIpc) is 4.35. The molecule has 0 unspecified atom stereocenters. The molecular weight excluding hydrogens is 1030 g/mol. The number of carbonyl (C=O) groups excluding carboxylic acids is 3. The summed E-state index contributed by atoms with van der Waals surface area (Å²) in [6.45, 7) is 8.24. The molecule has 6 aromatic rings. The van der Waals surface area contributed by atoms with Gasteiger partial charge in [0.15, 0.2) is 34.0 Å². The van der Waals surface area contributed by atoms with Crippen molar-refractivity contribution in [2.75, 3.05) is 47.6 Å². The van der Waals surface area contributed by atoms with Crippen LogP contribution in [0.3, 0.4) is 0 Å². The van der Waals surface area contributed by atoms with Gasteiger partial charge in [0, 0.05) is 86.7 Å². The second-order valence-electron chi connectivity index (χ2n) is 22.6. The number of urea groups is 1. The number of aliphatic hydroxyl groups excluding tert-OH is 4. The van der Waals surface area contributed by atoms with Gasteiger partial charge in [0.2, 0.25) is 23.7 Å². The molecule has 4 amide bonds. The zero-order chi connectivity index (χ0) is 56.0. The average molecular weight is 1110 g/mol. The van der Waals surface area contributed by atoms with E-state index in [0.29, 0.717) is 84.3 Å². The Morgan fingerprint density at radius 2 is 1.02 bits per heavy atom. The number of nitrogens with zero attached hydrogens (tertiary/aromatic N) is 12. The quantitative estimate of drug-likeness (QED) is 0.0465. The molecular formula is C53H78N20O7. The number of anilines is 4. The van der Waals surface area contributed by atoms with Gasteiger partial charge < -0.3 is 81.2 Å². The van der Waals surface area contributed by atoms with Crippen LogP contribution in [0.2, 0.25) is 0 Å². The van der Waals surface area contributed by atoms with Crippen LogP contribution in [0.4, 0.5) is 28.3 Å². The zero-order valence-electron chi connectivity index (χ0n) is 46.0. The number of aliphatic hydroxyl groups is 4. The van der Waals surface area contributed by atoms with Gasteiger partial charge in [-0.25, -0.2) is 24.7 Å². The smallest absolute Gasteiger partial charge is 0.315 e. The van der Waals surface area contributed by atoms with Crippen LogP contribution in [0.1, 0.15) is 140 Å². The first-order valence-corrected chi connectivity index (χ1v) is 28.5. The van der Waals surface area contributed by atoms with E-state index in [4.69, 9.17) is 29.9 Å². The second-order valence-corrected chi connectivity index (χ2v) is 22.6. The van der Waals surface area contributed by atoms with Gasteiger partial charge in [-0.2, -0.15) is 19.9 Å². The maximum Gasteiger partial charge on any atom is 0.315 e. The van der Waals surface area contributed by atoms with Crippen molar-refractivity contribution in [2.45, 2.75) is 190 Å². The molecule has 6 heterocycles. The summed E-state index contributed by atoms with van der Waals surface area (Å²) in [4.78, 5) is 75.8. The summed E-state index contributed by atoms with van der Waals surface area (Å²) in [5.74, 6) is 0.966. The minimum absolute atomic E-state index is 0.00708. The van der Waals surface area contributed by atoms with Crippen LogP contribution in [-0.4, -0.2) is 171 Å². The van der Waals surface area contributed by atoms with Gasteiger partial charge in [-0.1, -0.05) is 0 Å². The van der Waals surface area contributed by atoms with Gasteiger partial charge in [-0.15, -0.1) is 0 Å². The van der Waals surface area contributed by atoms with Crippen molar-refractivity contribution < 1.29 is 34.8 Å². The molecule has 6 aromatic heterocycles. The predicted octanol–water partition coefficient (Wildman–Crippen LogP) is 2.62. The highest BCUT2D eigenvalue weighted by Crippen LogP contribution is 2.37. The Kier molecular flexibility index (Phi) is 17.6. The minimum atomic E-state index is -1.27. The largest absolute Gasteiger partial charge is 0.388 e. The first kappa shape index (κ1) is 56.1. The van der Waals surface area contributed by atoms with Crippen molar-refractivity contribution in [3.8, 4) is 0 Å². The Hall–Kier alpha value is -7.23. The molecule has 4 saturated carbocycles. The van der Waals surface area contributed by atoms with Crippen LogP contribution >= 0.6 is 0 Å². The van der Waals surface area contributed by atoms with Crippen molar-refractivity contribution in [1.82, 2.24) is 79.4 Å². The fraction of sp³-hybridized carbons (Fsp3) is 0.642. The standard InChI is InChI=1S/C53H78N20O7/c1-29(2)70-21-36(56-25-70)15-17-54-51-66-47(43-49(68-51)72(27-58-43)38-14-13-35(19-38)60-41(76)23-74)61-31-5-9-33(10-6-31)63-53(80)64-34-11-7-32(8-12-34)62-48-44-50(69-52(67-48)55-18-16-37-22-71(26-57-37)30(3)4)73(28-59-44)40-20-39(45(78)46(40)79)65-42(77)24-75/h21-22,25-35,38-40,45-46,74-75,78-79H,5-20,23-24H2,1-4H3,(H,60,76)(H,65,77)(H2,63,64,80)(H2,54,61,66,68)(H2,55,62,67,69)/t31-,32-,33-,34-,35-,38+,39+,40-,45-,46+/m1/s1. The highest BCUT2D eigenvalue weighted by molar-refractivity contribution is 5.86. The summed E-state index contributed by atoms with van der Waals surface area (Å²) < 4.78 is 7.93. The molecule has 27 nitrogen and oxygen atoms in total. The van der Waals surface area contributed by atoms with Gasteiger partial charge in [-0.05, 0) is 105 Å². The molecule has 6 atom stereocenters. The van der Waals surface area contributed by atoms with E-state index in [2.05, 4.69) is 100 Å². The molecule has 4 aliphatic rings. The number of rotatable bonds is 22. The van der Waals surface area contributed by atoms with Crippen molar-refractivity contribution in [2.24, 2.45) is 0 Å². The van der Waals surface area contributed by atoms with Crippen LogP contribution in [0.5, 0.6) is 0 Å². The maximum atomic E-state index is 13.5. The van der Waals surface area contributed by atoms with Crippen LogP contribution < -0.4 is 42.5 Å². The molecule has 0 saturated heterocycles. The van der Waals surface area contributed by atoms with E-state index < -0.39 is 43.4 Å². The molecule has 4 fully saturated rings. The number of hydrogen-bond acceptors (Lipinski definition) is 19. The van der Waals surface area contributed by atoms with E-state index in [1.165, 1.54) is 0 Å². The Bertz CT molecular complexity index is 3070. The number of nitrogens with one attached hydrogen (secondary N) is 8. The first-order valence-electron chi connectivity index (χ1n) is 28.5. The van der Waals surface area contributed by atoms with E-state index >= 15 is 0 Å². The summed E-state index contributed by atoms with van der Waals surface area (Å²) in [6, 6.07) is -0.897. The molecule has 0 spiro atoms. The number of hydrogen-bond donors (Lipinski definition) is 12. The topological polar surface area (TPSA) is 351 Å². The van der Waals surface area contributed by atoms with E-state index in [1.807, 2.05) is 25.2 Å². The Balaban J connectivity index is 0.735. The molecule has 80 heavy (non-hydrogen) atoms. The Morgan fingerprint density at radius 3 is 1.52 bits per heavy atom. The lowest BCUT2D eigenvalue weighted by Crippen LogP contribution is -2.49. The summed E-state index contributed by atoms with van der Waals surface area (Å²) in [5, 5.41) is 66.8. The normalized spacial score (nSPS) is 25.1. The summed E-state index contributed by atoms with van der Waals surface area (Å²) in [5.41, 5.74) is 4.20. The fourth-order valence-electron chi connectivity index (χ4n) is 11.7. The summed E-state index contributed by atoms with van der Waals surface area (Å²) in [6.07, 6.45) is 18.6. The third kappa shape index (κ3) is 13.2. The third-order valence-electron chi connectivity index (χ3n) is 16.3. The molecule has 10 rings (SSSR count). The molecule has 27 heteroatoms. The molecule has 4 aliphatic carbocycles. The Morgan fingerprint density at radius 1 is 0.550 bits per heavy atom. The van der Waals surface area contributed by atoms with Crippen LogP contribution in [-0.2, 0) is 22.4 Å². The summed E-state index contributed by atoms with van der Waals surface area (Å²) >= 11 is 0. The van der Waals surface area contributed by atoms with Crippen LogP contribution in [0.25, 0.3) is 22.3 Å². The second kappa shape index (κ2) is 25.1. The minimum Gasteiger partial charge on any atom is -0.388 e. The zero-order valence-corrected chi connectivity index (χ0v) is 46.0. The van der Waals surface area contributed by atoms with E-state index in [-0.39, 0.29) is 60.7 Å². The number of amides is 4. The Labute approximate surface area is 463 Å². The monoisotopic (exact) mass is 1110 g/mol. The van der Waals surface area contributed by atoms with Crippen molar-refractivity contribution in [3.63, 3.8) is 0 Å². The molecule has 0 aliphatic heterocycles. The molecule has 12 N–H and O–H groups in total. The van der Waals surface area contributed by atoms with E-state index in [9.17, 15) is 34.8 Å². The number of carbonyl (C=O) groups is 3. The van der Waals surface area contributed by atoms with Crippen molar-refractivity contribution in [3.05, 3.63) is 49.1 Å². The molecule has 432 valence electrons. The van der Waals surface area contributed by atoms with Gasteiger partial charge in [0.1, 0.15) is 25.4 Å². The SMILES string of the molecule is CC(C)n1cnc(CCNc2nc(N[C@H]3CC[C@H](NC(=O)N[C@H]4CC[C@H](Nc5nc(NCCc6cn(C(C)C)cn6)nc6c5ncn6[C@@H]5C[C@H](NC(=O)CO)[C@@H](O)[C@H]5O)CC4)CC3)c3ncn([C@H]4CC[C@@H](NC(=O)CO)C4)c3n2)c1. The number of fused-ring (bicyclic) bond motifs is 2. The number of aromatic nitrogens is 12. The van der Waals surface area contributed by atoms with Crippen molar-refractivity contribution in [1.29, 1.82) is 0 Å². The van der Waals surface area contributed by atoms with Gasteiger partial charge in [-0.3, -0.25) is 9.59 Å². The van der Waals surface area contributed by atoms with E-state index in [1.54, 1.807) is 10.9 Å². The highest BCUT2D eigenvalue weighted by atomic mass is 16.3. The van der Waals surface area contributed by atoms with Gasteiger partial charge in [0.05, 0.1) is 48.8 Å². The molecule has 0 aromatic carbocycles. The van der Waals surface area contributed by atoms with Gasteiger partial charge >= 0.3 is 6.03 Å². The van der Waals surface area contributed by atoms with Crippen molar-refractivity contribution >= 4 is 63.7 Å². The van der Waals surface area contributed by atoms with Gasteiger partial charge in [0.25, 0.3) is 0 Å². The lowest BCUT2D eigenvalue weighted by molar-refractivity contribution is -0.125. The fourth-order valence-corrected chi connectivity index (χ4v) is 11.7.